The van der Waals surface area contributed by atoms with Crippen LogP contribution in [0.15, 0.2) is 18.2 Å². The van der Waals surface area contributed by atoms with Crippen molar-refractivity contribution in [2.75, 3.05) is 13.7 Å². The molecule has 0 aliphatic carbocycles. The van der Waals surface area contributed by atoms with Crippen molar-refractivity contribution in [3.63, 3.8) is 0 Å². The van der Waals surface area contributed by atoms with Gasteiger partial charge in [-0.1, -0.05) is 39.0 Å². The van der Waals surface area contributed by atoms with Crippen molar-refractivity contribution in [1.29, 1.82) is 0 Å². The first-order valence-electron chi connectivity index (χ1n) is 7.23. The van der Waals surface area contributed by atoms with Gasteiger partial charge < -0.3 is 14.6 Å². The third-order valence-corrected chi connectivity index (χ3v) is 3.17. The van der Waals surface area contributed by atoms with Gasteiger partial charge in [0.05, 0.1) is 19.3 Å². The Labute approximate surface area is 120 Å². The molecular weight excluding hydrogens is 256 g/mol. The van der Waals surface area contributed by atoms with Crippen molar-refractivity contribution in [3.8, 4) is 11.5 Å². The number of hydrogen-bond donors (Lipinski definition) is 1. The van der Waals surface area contributed by atoms with E-state index in [-0.39, 0.29) is 5.56 Å². The molecule has 20 heavy (non-hydrogen) atoms. The zero-order valence-corrected chi connectivity index (χ0v) is 12.4. The monoisotopic (exact) mass is 280 g/mol. The molecule has 0 heterocycles. The van der Waals surface area contributed by atoms with Crippen LogP contribution < -0.4 is 9.47 Å². The van der Waals surface area contributed by atoms with E-state index in [1.54, 1.807) is 13.2 Å². The Balaban J connectivity index is 2.41. The first-order chi connectivity index (χ1) is 9.69. The molecule has 1 N–H and O–H groups in total. The van der Waals surface area contributed by atoms with E-state index >= 15 is 0 Å². The summed E-state index contributed by atoms with van der Waals surface area (Å²) in [6, 6.07) is 4.65. The average molecular weight is 280 g/mol. The predicted octanol–water partition coefficient (Wildman–Crippen LogP) is 4.13. The smallest absolute Gasteiger partial charge is 0.335 e. The molecule has 0 saturated carbocycles. The highest BCUT2D eigenvalue weighted by molar-refractivity contribution is 5.88. The Morgan fingerprint density at radius 1 is 1.10 bits per heavy atom. The zero-order valence-electron chi connectivity index (χ0n) is 12.4. The van der Waals surface area contributed by atoms with Gasteiger partial charge in [0.2, 0.25) is 0 Å². The quantitative estimate of drug-likeness (QED) is 0.655. The first kappa shape index (κ1) is 16.3. The second kappa shape index (κ2) is 9.23. The van der Waals surface area contributed by atoms with E-state index in [4.69, 9.17) is 14.6 Å². The Kier molecular flexibility index (Phi) is 7.55. The molecule has 0 aliphatic heterocycles. The molecule has 0 fully saturated rings. The molecule has 0 spiro atoms. The molecular formula is C16H24O4. The Hall–Kier alpha value is -1.71. The number of hydrogen-bond acceptors (Lipinski definition) is 3. The number of aromatic carboxylic acids is 1. The minimum Gasteiger partial charge on any atom is -0.493 e. The van der Waals surface area contributed by atoms with Crippen molar-refractivity contribution in [2.24, 2.45) is 0 Å². The van der Waals surface area contributed by atoms with Crippen LogP contribution in [0.25, 0.3) is 0 Å². The van der Waals surface area contributed by atoms with Crippen LogP contribution in [0, 0.1) is 0 Å². The Morgan fingerprint density at radius 2 is 1.80 bits per heavy atom. The van der Waals surface area contributed by atoms with Gasteiger partial charge in [-0.15, -0.1) is 0 Å². The summed E-state index contributed by atoms with van der Waals surface area (Å²) >= 11 is 0. The number of carbonyl (C=O) groups is 1. The van der Waals surface area contributed by atoms with Crippen LogP contribution in [0.1, 0.15) is 55.8 Å². The van der Waals surface area contributed by atoms with Gasteiger partial charge in [0, 0.05) is 0 Å². The maximum atomic E-state index is 10.9. The summed E-state index contributed by atoms with van der Waals surface area (Å²) in [6.45, 7) is 2.79. The lowest BCUT2D eigenvalue weighted by atomic mass is 10.1. The molecule has 0 amide bonds. The standard InChI is InChI=1S/C16H24O4/c1-3-4-5-6-7-8-11-20-15-12-13(16(17)18)9-10-14(15)19-2/h9-10,12H,3-8,11H2,1-2H3,(H,17,18). The fraction of sp³-hybridized carbons (Fsp3) is 0.562. The van der Waals surface area contributed by atoms with Crippen LogP contribution in [0.2, 0.25) is 0 Å². The van der Waals surface area contributed by atoms with Gasteiger partial charge in [0.15, 0.2) is 11.5 Å². The zero-order chi connectivity index (χ0) is 14.8. The largest absolute Gasteiger partial charge is 0.493 e. The summed E-state index contributed by atoms with van der Waals surface area (Å²) in [5.41, 5.74) is 0.212. The average Bonchev–Trinajstić information content (AvgIpc) is 2.46. The number of methoxy groups -OCH3 is 1. The molecule has 1 aromatic rings. The SMILES string of the molecule is CCCCCCCCOc1cc(C(=O)O)ccc1OC. The van der Waals surface area contributed by atoms with Crippen LogP contribution in [0.3, 0.4) is 0 Å². The second-order valence-electron chi connectivity index (χ2n) is 4.79. The van der Waals surface area contributed by atoms with Crippen molar-refractivity contribution in [3.05, 3.63) is 23.8 Å². The third-order valence-electron chi connectivity index (χ3n) is 3.17. The molecule has 4 nitrogen and oxygen atoms in total. The molecule has 4 heteroatoms. The fourth-order valence-electron chi connectivity index (χ4n) is 1.99. The van der Waals surface area contributed by atoms with Gasteiger partial charge >= 0.3 is 5.97 Å². The van der Waals surface area contributed by atoms with Gasteiger partial charge in [-0.2, -0.15) is 0 Å². The number of unbranched alkanes of at least 4 members (excludes halogenated alkanes) is 5. The van der Waals surface area contributed by atoms with E-state index in [0.29, 0.717) is 18.1 Å². The molecule has 0 radical (unpaired) electrons. The minimum absolute atomic E-state index is 0.212. The molecule has 0 unspecified atom stereocenters. The lowest BCUT2D eigenvalue weighted by molar-refractivity contribution is 0.0696. The number of carboxylic acids is 1. The molecule has 0 aliphatic rings. The van der Waals surface area contributed by atoms with E-state index in [2.05, 4.69) is 6.92 Å². The van der Waals surface area contributed by atoms with E-state index in [9.17, 15) is 4.79 Å². The maximum Gasteiger partial charge on any atom is 0.335 e. The molecule has 0 aromatic heterocycles. The van der Waals surface area contributed by atoms with Crippen LogP contribution >= 0.6 is 0 Å². The van der Waals surface area contributed by atoms with Crippen LogP contribution in [0.5, 0.6) is 11.5 Å². The number of carboxylic acid groups (broad SMARTS) is 1. The number of benzene rings is 1. The highest BCUT2D eigenvalue weighted by atomic mass is 16.5. The van der Waals surface area contributed by atoms with Crippen LogP contribution in [0.4, 0.5) is 0 Å². The number of ether oxygens (including phenoxy) is 2. The van der Waals surface area contributed by atoms with E-state index < -0.39 is 5.97 Å². The van der Waals surface area contributed by atoms with Crippen molar-refractivity contribution >= 4 is 5.97 Å². The summed E-state index contributed by atoms with van der Waals surface area (Å²) < 4.78 is 10.8. The van der Waals surface area contributed by atoms with Gasteiger partial charge in [0.25, 0.3) is 0 Å². The van der Waals surface area contributed by atoms with E-state index in [0.717, 1.165) is 12.8 Å². The van der Waals surface area contributed by atoms with Crippen LogP contribution in [-0.4, -0.2) is 24.8 Å². The highest BCUT2D eigenvalue weighted by Crippen LogP contribution is 2.28. The third kappa shape index (κ3) is 5.51. The normalized spacial score (nSPS) is 10.3. The van der Waals surface area contributed by atoms with Gasteiger partial charge in [-0.3, -0.25) is 0 Å². The molecule has 0 atom stereocenters. The second-order valence-corrected chi connectivity index (χ2v) is 4.79. The van der Waals surface area contributed by atoms with Gasteiger partial charge in [0.1, 0.15) is 0 Å². The Morgan fingerprint density at radius 3 is 2.45 bits per heavy atom. The lowest BCUT2D eigenvalue weighted by Crippen LogP contribution is -2.02. The van der Waals surface area contributed by atoms with Crippen molar-refractivity contribution in [1.82, 2.24) is 0 Å². The summed E-state index contributed by atoms with van der Waals surface area (Å²) in [5, 5.41) is 8.97. The first-order valence-corrected chi connectivity index (χ1v) is 7.23. The molecule has 1 aromatic carbocycles. The van der Waals surface area contributed by atoms with Gasteiger partial charge in [-0.25, -0.2) is 4.79 Å². The van der Waals surface area contributed by atoms with Crippen LogP contribution in [-0.2, 0) is 0 Å². The van der Waals surface area contributed by atoms with E-state index in [1.807, 2.05) is 0 Å². The van der Waals surface area contributed by atoms with Gasteiger partial charge in [-0.05, 0) is 24.6 Å². The summed E-state index contributed by atoms with van der Waals surface area (Å²) in [5.74, 6) is 0.110. The molecule has 0 saturated heterocycles. The fourth-order valence-corrected chi connectivity index (χ4v) is 1.99. The molecule has 0 bridgehead atoms. The van der Waals surface area contributed by atoms with Crippen molar-refractivity contribution < 1.29 is 19.4 Å². The molecule has 1 rings (SSSR count). The number of rotatable bonds is 10. The topological polar surface area (TPSA) is 55.8 Å². The maximum absolute atomic E-state index is 10.9. The Bertz CT molecular complexity index is 415. The van der Waals surface area contributed by atoms with Crippen molar-refractivity contribution in [2.45, 2.75) is 45.4 Å². The highest BCUT2D eigenvalue weighted by Gasteiger charge is 2.09. The summed E-state index contributed by atoms with van der Waals surface area (Å²) in [7, 11) is 1.55. The van der Waals surface area contributed by atoms with E-state index in [1.165, 1.54) is 37.8 Å². The predicted molar refractivity (Wildman–Crippen MR) is 78.8 cm³/mol. The molecule has 112 valence electrons. The summed E-state index contributed by atoms with van der Waals surface area (Å²) in [4.78, 5) is 10.9. The minimum atomic E-state index is -0.961. The summed E-state index contributed by atoms with van der Waals surface area (Å²) in [6.07, 6.45) is 7.15. The lowest BCUT2D eigenvalue weighted by Gasteiger charge is -2.11.